The minimum absolute atomic E-state index is 0.197. The van der Waals surface area contributed by atoms with Crippen LogP contribution < -0.4 is 5.44 Å². The number of hydrogen-bond acceptors (Lipinski definition) is 8. The molecule has 2 heterocycles. The van der Waals surface area contributed by atoms with Crippen molar-refractivity contribution in [1.82, 2.24) is 9.55 Å². The highest BCUT2D eigenvalue weighted by Gasteiger charge is 2.48. The predicted molar refractivity (Wildman–Crippen MR) is 192 cm³/mol. The quantitative estimate of drug-likeness (QED) is 0.0853. The van der Waals surface area contributed by atoms with Gasteiger partial charge in [0.05, 0.1) is 52.3 Å². The van der Waals surface area contributed by atoms with Crippen LogP contribution in [-0.2, 0) is 59.0 Å². The van der Waals surface area contributed by atoms with Crippen molar-refractivity contribution in [2.45, 2.75) is 64.6 Å². The van der Waals surface area contributed by atoms with Crippen LogP contribution >= 0.6 is 7.60 Å². The summed E-state index contributed by atoms with van der Waals surface area (Å²) in [5.41, 5.74) is 4.30. The molecule has 0 radical (unpaired) electrons. The first-order chi connectivity index (χ1) is 24.6. The van der Waals surface area contributed by atoms with Gasteiger partial charge in [0.25, 0.3) is 0 Å². The molecule has 0 amide bonds. The van der Waals surface area contributed by atoms with E-state index in [9.17, 15) is 4.57 Å². The van der Waals surface area contributed by atoms with E-state index in [4.69, 9.17) is 33.0 Å². The lowest BCUT2D eigenvalue weighted by Crippen LogP contribution is -2.50. The van der Waals surface area contributed by atoms with E-state index in [1.54, 1.807) is 20.0 Å². The molecule has 4 aromatic carbocycles. The van der Waals surface area contributed by atoms with Gasteiger partial charge in [-0.2, -0.15) is 0 Å². The van der Waals surface area contributed by atoms with Crippen LogP contribution in [0.2, 0.25) is 0 Å². The normalized spacial score (nSPS) is 18.9. The number of nitrogens with zero attached hydrogens (tertiary/aromatic N) is 2. The third kappa shape index (κ3) is 9.05. The number of hydrogen-bond donors (Lipinski definition) is 0. The van der Waals surface area contributed by atoms with Gasteiger partial charge in [0.15, 0.2) is 5.44 Å². The molecule has 0 fully saturated rings. The Morgan fingerprint density at radius 1 is 0.600 bits per heavy atom. The van der Waals surface area contributed by atoms with Crippen molar-refractivity contribution in [3.63, 3.8) is 0 Å². The van der Waals surface area contributed by atoms with Crippen LogP contribution in [0.4, 0.5) is 0 Å². The van der Waals surface area contributed by atoms with Crippen molar-refractivity contribution >= 4 is 13.0 Å². The second-order valence-electron chi connectivity index (χ2n) is 12.0. The molecule has 0 saturated heterocycles. The molecule has 0 N–H and O–H groups in total. The van der Waals surface area contributed by atoms with E-state index in [1.807, 2.05) is 126 Å². The molecule has 9 nitrogen and oxygen atoms in total. The van der Waals surface area contributed by atoms with Crippen molar-refractivity contribution < 1.29 is 32.6 Å². The topological polar surface area (TPSA) is 90.3 Å². The third-order valence-corrected chi connectivity index (χ3v) is 10.5. The average Bonchev–Trinajstić information content (AvgIpc) is 3.61. The summed E-state index contributed by atoms with van der Waals surface area (Å²) in [6, 6.07) is 39.6. The van der Waals surface area contributed by atoms with Crippen molar-refractivity contribution in [2.75, 3.05) is 19.8 Å². The van der Waals surface area contributed by atoms with E-state index >= 15 is 0 Å². The Kier molecular flexibility index (Phi) is 12.8. The van der Waals surface area contributed by atoms with Gasteiger partial charge in [-0.05, 0) is 36.1 Å². The lowest BCUT2D eigenvalue weighted by atomic mass is 9.95. The van der Waals surface area contributed by atoms with Gasteiger partial charge in [0, 0.05) is 6.20 Å². The van der Waals surface area contributed by atoms with Gasteiger partial charge in [-0.25, -0.2) is 4.98 Å². The smallest absolute Gasteiger partial charge is 0.375 e. The number of imidazole rings is 1. The van der Waals surface area contributed by atoms with Crippen LogP contribution in [0.3, 0.4) is 0 Å². The molecule has 0 spiro atoms. The van der Waals surface area contributed by atoms with Gasteiger partial charge in [-0.1, -0.05) is 121 Å². The second kappa shape index (κ2) is 17.8. The molecule has 6 rings (SSSR count). The van der Waals surface area contributed by atoms with Crippen molar-refractivity contribution in [1.29, 1.82) is 0 Å². The molecule has 1 aromatic heterocycles. The number of benzene rings is 4. The Morgan fingerprint density at radius 3 is 1.52 bits per heavy atom. The highest BCUT2D eigenvalue weighted by molar-refractivity contribution is 7.61. The second-order valence-corrected chi connectivity index (χ2v) is 14.0. The minimum atomic E-state index is -3.76. The molecule has 0 aliphatic carbocycles. The third-order valence-electron chi connectivity index (χ3n) is 8.48. The van der Waals surface area contributed by atoms with Gasteiger partial charge in [-0.15, -0.1) is 0 Å². The lowest BCUT2D eigenvalue weighted by Gasteiger charge is -2.42. The molecule has 0 saturated carbocycles. The summed E-state index contributed by atoms with van der Waals surface area (Å²) in [7, 11) is -3.76. The first kappa shape index (κ1) is 35.9. The zero-order valence-electron chi connectivity index (χ0n) is 28.6. The molecule has 10 heteroatoms. The van der Waals surface area contributed by atoms with Crippen LogP contribution in [0.25, 0.3) is 0 Å². The van der Waals surface area contributed by atoms with Crippen LogP contribution in [-0.4, -0.2) is 41.6 Å². The van der Waals surface area contributed by atoms with E-state index in [1.165, 1.54) is 0 Å². The molecule has 1 aliphatic rings. The van der Waals surface area contributed by atoms with Crippen molar-refractivity contribution in [3.8, 4) is 0 Å². The Bertz CT molecular complexity index is 1760. The van der Waals surface area contributed by atoms with E-state index in [0.717, 1.165) is 22.3 Å². The van der Waals surface area contributed by atoms with Gasteiger partial charge < -0.3 is 32.6 Å². The Balaban J connectivity index is 1.43. The molecular formula is C40H45N2O7P. The Morgan fingerprint density at radius 2 is 1.04 bits per heavy atom. The Labute approximate surface area is 294 Å². The van der Waals surface area contributed by atoms with E-state index in [2.05, 4.69) is 0 Å². The summed E-state index contributed by atoms with van der Waals surface area (Å²) in [5, 5.41) is 0. The molecule has 0 bridgehead atoms. The summed E-state index contributed by atoms with van der Waals surface area (Å²) < 4.78 is 54.5. The zero-order valence-corrected chi connectivity index (χ0v) is 29.5. The summed E-state index contributed by atoms with van der Waals surface area (Å²) in [4.78, 5) is 4.96. The molecule has 262 valence electrons. The Hall–Kier alpha value is -3.92. The number of rotatable bonds is 18. The first-order valence-corrected chi connectivity index (χ1v) is 18.7. The fourth-order valence-electron chi connectivity index (χ4n) is 6.11. The maximum Gasteiger partial charge on any atom is 0.381 e. The maximum atomic E-state index is 14.2. The molecule has 5 aromatic rings. The van der Waals surface area contributed by atoms with E-state index in [0.29, 0.717) is 32.3 Å². The lowest BCUT2D eigenvalue weighted by molar-refractivity contribution is -0.188. The molecular weight excluding hydrogens is 651 g/mol. The van der Waals surface area contributed by atoms with Crippen molar-refractivity contribution in [3.05, 3.63) is 156 Å². The fourth-order valence-corrected chi connectivity index (χ4v) is 7.62. The number of aromatic nitrogens is 2. The summed E-state index contributed by atoms with van der Waals surface area (Å²) in [6.45, 7) is 5.59. The highest BCUT2D eigenvalue weighted by atomic mass is 31.2. The first-order valence-electron chi connectivity index (χ1n) is 17.1. The van der Waals surface area contributed by atoms with Gasteiger partial charge in [0.1, 0.15) is 24.1 Å². The average molecular weight is 697 g/mol. The summed E-state index contributed by atoms with van der Waals surface area (Å²) in [6.07, 6.45) is -0.114. The SMILES string of the molecule is CCOP(=O)(OCC)c1cn2c(n1)[C@H](OCc1ccccc1)[C@@H](OCc1ccccc1)[C@H](OCc1ccccc1)[C@H]2COCc1ccccc1. The van der Waals surface area contributed by atoms with Crippen LogP contribution in [0.1, 0.15) is 54.1 Å². The molecule has 50 heavy (non-hydrogen) atoms. The number of fused-ring (bicyclic) bond motifs is 1. The molecule has 4 atom stereocenters. The van der Waals surface area contributed by atoms with Crippen LogP contribution in [0, 0.1) is 0 Å². The standard InChI is InChI=1S/C40H45N2O7P/c1-3-48-50(43,49-4-2)36-25-42-35(30-44-26-31-17-9-5-10-18-31)37(45-27-32-19-11-6-12-20-32)38(46-28-33-21-13-7-14-22-33)39(40(42)41-36)47-29-34-23-15-8-16-24-34/h5-25,35,37-39H,3-4,26-30H2,1-2H3/t35-,37-,38+,39-/m1/s1. The molecule has 1 aliphatic heterocycles. The van der Waals surface area contributed by atoms with Gasteiger partial charge >= 0.3 is 7.60 Å². The van der Waals surface area contributed by atoms with Gasteiger partial charge in [-0.3, -0.25) is 4.57 Å². The van der Waals surface area contributed by atoms with Crippen LogP contribution in [0.15, 0.2) is 128 Å². The van der Waals surface area contributed by atoms with Crippen LogP contribution in [0.5, 0.6) is 0 Å². The molecule has 0 unspecified atom stereocenters. The largest absolute Gasteiger partial charge is 0.381 e. The summed E-state index contributed by atoms with van der Waals surface area (Å²) in [5.74, 6) is 0.543. The maximum absolute atomic E-state index is 14.2. The highest BCUT2D eigenvalue weighted by Crippen LogP contribution is 2.48. The monoisotopic (exact) mass is 696 g/mol. The fraction of sp³-hybridized carbons (Fsp3) is 0.325. The minimum Gasteiger partial charge on any atom is -0.375 e. The predicted octanol–water partition coefficient (Wildman–Crippen LogP) is 7.97. The number of ether oxygens (including phenoxy) is 4. The zero-order chi connectivity index (χ0) is 34.6. The van der Waals surface area contributed by atoms with Crippen molar-refractivity contribution in [2.24, 2.45) is 0 Å². The summed E-state index contributed by atoms with van der Waals surface area (Å²) >= 11 is 0. The van der Waals surface area contributed by atoms with E-state index < -0.39 is 31.9 Å². The van der Waals surface area contributed by atoms with E-state index in [-0.39, 0.29) is 25.3 Å². The van der Waals surface area contributed by atoms with Gasteiger partial charge in [0.2, 0.25) is 0 Å².